The molecular formula is C14H21NO3. The van der Waals surface area contributed by atoms with Crippen molar-refractivity contribution in [1.82, 2.24) is 0 Å². The molecule has 1 aromatic carbocycles. The van der Waals surface area contributed by atoms with E-state index in [1.165, 1.54) is 0 Å². The van der Waals surface area contributed by atoms with Crippen LogP contribution in [0.25, 0.3) is 0 Å². The number of hydrogen-bond donors (Lipinski definition) is 2. The lowest BCUT2D eigenvalue weighted by molar-refractivity contribution is -0.140. The molecule has 0 radical (unpaired) electrons. The topological polar surface area (TPSA) is 58.6 Å². The summed E-state index contributed by atoms with van der Waals surface area (Å²) in [4.78, 5) is 10.7. The Morgan fingerprint density at radius 3 is 2.78 bits per heavy atom. The maximum atomic E-state index is 10.7. The van der Waals surface area contributed by atoms with Gasteiger partial charge in [0.15, 0.2) is 0 Å². The lowest BCUT2D eigenvalue weighted by Crippen LogP contribution is -2.19. The van der Waals surface area contributed by atoms with Crippen molar-refractivity contribution in [2.24, 2.45) is 5.92 Å². The van der Waals surface area contributed by atoms with E-state index in [9.17, 15) is 4.79 Å². The third-order valence-corrected chi connectivity index (χ3v) is 2.78. The molecule has 0 amide bonds. The Labute approximate surface area is 108 Å². The fraction of sp³-hybridized carbons (Fsp3) is 0.500. The summed E-state index contributed by atoms with van der Waals surface area (Å²) in [5.41, 5.74) is 0.879. The first kappa shape index (κ1) is 14.4. The van der Waals surface area contributed by atoms with Crippen LogP contribution in [0, 0.1) is 5.92 Å². The molecule has 0 aliphatic rings. The van der Waals surface area contributed by atoms with E-state index in [4.69, 9.17) is 9.84 Å². The molecular weight excluding hydrogens is 230 g/mol. The molecule has 0 fully saturated rings. The minimum Gasteiger partial charge on any atom is -0.491 e. The van der Waals surface area contributed by atoms with Crippen molar-refractivity contribution < 1.29 is 14.6 Å². The second kappa shape index (κ2) is 6.89. The van der Waals surface area contributed by atoms with E-state index in [1.807, 2.05) is 31.2 Å². The van der Waals surface area contributed by atoms with E-state index in [1.54, 1.807) is 6.92 Å². The molecule has 4 nitrogen and oxygen atoms in total. The molecule has 2 atom stereocenters. The molecule has 2 unspecified atom stereocenters. The van der Waals surface area contributed by atoms with E-state index < -0.39 is 11.9 Å². The van der Waals surface area contributed by atoms with Crippen LogP contribution in [0.15, 0.2) is 24.3 Å². The van der Waals surface area contributed by atoms with Gasteiger partial charge in [-0.15, -0.1) is 0 Å². The lowest BCUT2D eigenvalue weighted by atomic mass is 10.2. The van der Waals surface area contributed by atoms with E-state index in [-0.39, 0.29) is 6.10 Å². The SMILES string of the molecule is CCC(C)Oc1cccc(NCC(C)C(=O)O)c1. The van der Waals surface area contributed by atoms with Gasteiger partial charge in [-0.2, -0.15) is 0 Å². The van der Waals surface area contributed by atoms with E-state index in [0.29, 0.717) is 6.54 Å². The van der Waals surface area contributed by atoms with Crippen LogP contribution in [0.2, 0.25) is 0 Å². The molecule has 0 heterocycles. The Morgan fingerprint density at radius 2 is 2.17 bits per heavy atom. The van der Waals surface area contributed by atoms with Crippen molar-refractivity contribution in [1.29, 1.82) is 0 Å². The highest BCUT2D eigenvalue weighted by Crippen LogP contribution is 2.19. The summed E-state index contributed by atoms with van der Waals surface area (Å²) in [6.45, 7) is 6.17. The Morgan fingerprint density at radius 1 is 1.44 bits per heavy atom. The summed E-state index contributed by atoms with van der Waals surface area (Å²) in [7, 11) is 0. The summed E-state index contributed by atoms with van der Waals surface area (Å²) >= 11 is 0. The van der Waals surface area contributed by atoms with Gasteiger partial charge in [-0.25, -0.2) is 0 Å². The van der Waals surface area contributed by atoms with E-state index in [2.05, 4.69) is 12.2 Å². The maximum Gasteiger partial charge on any atom is 0.308 e. The van der Waals surface area contributed by atoms with Gasteiger partial charge in [0.05, 0.1) is 12.0 Å². The van der Waals surface area contributed by atoms with Crippen LogP contribution >= 0.6 is 0 Å². The number of aliphatic carboxylic acids is 1. The molecule has 0 aromatic heterocycles. The molecule has 0 spiro atoms. The molecule has 2 N–H and O–H groups in total. The number of hydrogen-bond acceptors (Lipinski definition) is 3. The number of nitrogens with one attached hydrogen (secondary N) is 1. The molecule has 0 saturated heterocycles. The van der Waals surface area contributed by atoms with Crippen molar-refractivity contribution in [2.45, 2.75) is 33.3 Å². The summed E-state index contributed by atoms with van der Waals surface area (Å²) in [5.74, 6) is -0.407. The highest BCUT2D eigenvalue weighted by atomic mass is 16.5. The Hall–Kier alpha value is -1.71. The maximum absolute atomic E-state index is 10.7. The van der Waals surface area contributed by atoms with Crippen LogP contribution in [-0.2, 0) is 4.79 Å². The molecule has 0 bridgehead atoms. The minimum absolute atomic E-state index is 0.179. The highest BCUT2D eigenvalue weighted by molar-refractivity contribution is 5.70. The first-order valence-electron chi connectivity index (χ1n) is 6.26. The van der Waals surface area contributed by atoms with Gasteiger partial charge < -0.3 is 15.2 Å². The number of rotatable bonds is 7. The smallest absolute Gasteiger partial charge is 0.308 e. The molecule has 0 saturated carbocycles. The van der Waals surface area contributed by atoms with E-state index >= 15 is 0 Å². The van der Waals surface area contributed by atoms with Gasteiger partial charge in [-0.1, -0.05) is 19.9 Å². The number of carbonyl (C=O) groups is 1. The van der Waals surface area contributed by atoms with E-state index in [0.717, 1.165) is 17.9 Å². The molecule has 100 valence electrons. The molecule has 4 heteroatoms. The average molecular weight is 251 g/mol. The third-order valence-electron chi connectivity index (χ3n) is 2.78. The Kier molecular flexibility index (Phi) is 5.49. The number of anilines is 1. The first-order chi connectivity index (χ1) is 8.52. The van der Waals surface area contributed by atoms with Crippen molar-refractivity contribution in [2.75, 3.05) is 11.9 Å². The predicted molar refractivity (Wildman–Crippen MR) is 72.1 cm³/mol. The van der Waals surface area contributed by atoms with Gasteiger partial charge >= 0.3 is 5.97 Å². The highest BCUT2D eigenvalue weighted by Gasteiger charge is 2.10. The Bertz CT molecular complexity index is 392. The largest absolute Gasteiger partial charge is 0.491 e. The third kappa shape index (κ3) is 4.65. The first-order valence-corrected chi connectivity index (χ1v) is 6.26. The number of ether oxygens (including phenoxy) is 1. The number of benzene rings is 1. The average Bonchev–Trinajstić information content (AvgIpc) is 2.36. The Balaban J connectivity index is 2.56. The van der Waals surface area contributed by atoms with Crippen LogP contribution < -0.4 is 10.1 Å². The zero-order chi connectivity index (χ0) is 13.5. The van der Waals surface area contributed by atoms with Crippen molar-refractivity contribution in [3.05, 3.63) is 24.3 Å². The summed E-state index contributed by atoms with van der Waals surface area (Å²) < 4.78 is 5.70. The number of carboxylic acid groups (broad SMARTS) is 1. The van der Waals surface area contributed by atoms with Gasteiger partial charge in [-0.3, -0.25) is 4.79 Å². The normalized spacial score (nSPS) is 13.7. The fourth-order valence-electron chi connectivity index (χ4n) is 1.35. The van der Waals surface area contributed by atoms with Crippen molar-refractivity contribution in [3.8, 4) is 5.75 Å². The van der Waals surface area contributed by atoms with Crippen molar-refractivity contribution in [3.63, 3.8) is 0 Å². The summed E-state index contributed by atoms with van der Waals surface area (Å²) in [5, 5.41) is 11.9. The van der Waals surface area contributed by atoms with Crippen LogP contribution in [-0.4, -0.2) is 23.7 Å². The van der Waals surface area contributed by atoms with Crippen LogP contribution in [0.4, 0.5) is 5.69 Å². The van der Waals surface area contributed by atoms with Gasteiger partial charge in [0.1, 0.15) is 5.75 Å². The van der Waals surface area contributed by atoms with Crippen LogP contribution in [0.3, 0.4) is 0 Å². The van der Waals surface area contributed by atoms with Gasteiger partial charge in [0.2, 0.25) is 0 Å². The second-order valence-electron chi connectivity index (χ2n) is 4.48. The number of carboxylic acids is 1. The summed E-state index contributed by atoms with van der Waals surface area (Å²) in [6.07, 6.45) is 1.13. The molecule has 18 heavy (non-hydrogen) atoms. The second-order valence-corrected chi connectivity index (χ2v) is 4.48. The quantitative estimate of drug-likeness (QED) is 0.782. The zero-order valence-corrected chi connectivity index (χ0v) is 11.1. The van der Waals surface area contributed by atoms with Crippen LogP contribution in [0.5, 0.6) is 5.75 Å². The minimum atomic E-state index is -0.797. The predicted octanol–water partition coefficient (Wildman–Crippen LogP) is 3.00. The molecule has 1 aromatic rings. The van der Waals surface area contributed by atoms with Crippen LogP contribution in [0.1, 0.15) is 27.2 Å². The standard InChI is InChI=1S/C14H21NO3/c1-4-11(3)18-13-7-5-6-12(8-13)15-9-10(2)14(16)17/h5-8,10-11,15H,4,9H2,1-3H3,(H,16,17). The molecule has 0 aliphatic heterocycles. The van der Waals surface area contributed by atoms with Crippen molar-refractivity contribution >= 4 is 11.7 Å². The molecule has 1 rings (SSSR count). The monoisotopic (exact) mass is 251 g/mol. The lowest BCUT2D eigenvalue weighted by Gasteiger charge is -2.14. The summed E-state index contributed by atoms with van der Waals surface area (Å²) in [6, 6.07) is 7.59. The van der Waals surface area contributed by atoms with Gasteiger partial charge in [-0.05, 0) is 25.5 Å². The van der Waals surface area contributed by atoms with Gasteiger partial charge in [0.25, 0.3) is 0 Å². The van der Waals surface area contributed by atoms with Gasteiger partial charge in [0, 0.05) is 18.3 Å². The molecule has 0 aliphatic carbocycles. The fourth-order valence-corrected chi connectivity index (χ4v) is 1.35. The zero-order valence-electron chi connectivity index (χ0n) is 11.1.